The molecule has 0 atom stereocenters. The fourth-order valence-electron chi connectivity index (χ4n) is 3.92. The Morgan fingerprint density at radius 3 is 1.21 bits per heavy atom. The fourth-order valence-corrected chi connectivity index (χ4v) is 3.92. The lowest BCUT2D eigenvalue weighted by Gasteiger charge is -2.05. The molecule has 29 heavy (non-hydrogen) atoms. The third kappa shape index (κ3) is 20.1. The minimum Gasteiger partial charge on any atom is -0.515 e. The monoisotopic (exact) mass is 410 g/mol. The first-order valence-electron chi connectivity index (χ1n) is 12.7. The van der Waals surface area contributed by atoms with E-state index in [1.165, 1.54) is 123 Å². The molecular weight excluding hydrogens is 360 g/mol. The first-order valence-corrected chi connectivity index (χ1v) is 12.7. The molecule has 172 valence electrons. The minimum atomic E-state index is -0.412. The van der Waals surface area contributed by atoms with Crippen molar-refractivity contribution in [2.75, 3.05) is 7.11 Å². The van der Waals surface area contributed by atoms with Gasteiger partial charge in [-0.2, -0.15) is 0 Å². The second-order valence-electron chi connectivity index (χ2n) is 8.61. The van der Waals surface area contributed by atoms with Gasteiger partial charge in [-0.15, -0.1) is 0 Å². The van der Waals surface area contributed by atoms with Crippen molar-refractivity contribution in [1.29, 1.82) is 0 Å². The van der Waals surface area contributed by atoms with Crippen molar-refractivity contribution in [3.63, 3.8) is 0 Å². The summed E-state index contributed by atoms with van der Waals surface area (Å²) >= 11 is 0. The second-order valence-corrected chi connectivity index (χ2v) is 8.61. The number of esters is 1. The number of hydrogen-bond acceptors (Lipinski definition) is 3. The second kappa shape index (κ2) is 23.3. The fraction of sp³-hybridized carbons (Fsp3) is 0.885. The van der Waals surface area contributed by atoms with Gasteiger partial charge in [0.25, 0.3) is 0 Å². The van der Waals surface area contributed by atoms with Gasteiger partial charge in [-0.25, -0.2) is 4.79 Å². The molecule has 0 rings (SSSR count). The molecule has 0 aromatic carbocycles. The van der Waals surface area contributed by atoms with Crippen LogP contribution >= 0.6 is 0 Å². The molecule has 0 aliphatic heterocycles. The highest BCUT2D eigenvalue weighted by molar-refractivity contribution is 5.87. The van der Waals surface area contributed by atoms with Gasteiger partial charge in [0, 0.05) is 0 Å². The standard InChI is InChI=1S/C26H50O3/c1-3-4-5-6-7-8-9-10-11-12-13-14-15-16-17-18-19-20-21-22-23-25(24-27)26(28)29-2/h24,27H,3-23H2,1-2H3. The summed E-state index contributed by atoms with van der Waals surface area (Å²) in [6, 6.07) is 0. The molecule has 0 aromatic rings. The van der Waals surface area contributed by atoms with Crippen molar-refractivity contribution >= 4 is 5.97 Å². The van der Waals surface area contributed by atoms with E-state index < -0.39 is 5.97 Å². The van der Waals surface area contributed by atoms with Crippen LogP contribution in [0.25, 0.3) is 0 Å². The zero-order valence-electron chi connectivity index (χ0n) is 19.7. The number of ether oxygens (including phenoxy) is 1. The molecule has 0 fully saturated rings. The van der Waals surface area contributed by atoms with Crippen molar-refractivity contribution < 1.29 is 14.6 Å². The Labute approximate surface area is 181 Å². The third-order valence-corrected chi connectivity index (χ3v) is 5.90. The van der Waals surface area contributed by atoms with Gasteiger partial charge in [0.1, 0.15) is 0 Å². The zero-order chi connectivity index (χ0) is 21.4. The molecule has 0 spiro atoms. The lowest BCUT2D eigenvalue weighted by molar-refractivity contribution is -0.136. The van der Waals surface area contributed by atoms with E-state index in [2.05, 4.69) is 11.7 Å². The summed E-state index contributed by atoms with van der Waals surface area (Å²) in [6.07, 6.45) is 28.7. The summed E-state index contributed by atoms with van der Waals surface area (Å²) in [7, 11) is 1.35. The molecule has 0 saturated heterocycles. The molecule has 0 aliphatic carbocycles. The molecule has 0 bridgehead atoms. The van der Waals surface area contributed by atoms with Crippen molar-refractivity contribution in [2.45, 2.75) is 142 Å². The minimum absolute atomic E-state index is 0.384. The molecule has 0 saturated carbocycles. The molecule has 0 aliphatic rings. The molecule has 0 unspecified atom stereocenters. The number of hydrogen-bond donors (Lipinski definition) is 1. The van der Waals surface area contributed by atoms with Crippen molar-refractivity contribution in [1.82, 2.24) is 0 Å². The summed E-state index contributed by atoms with van der Waals surface area (Å²) in [4.78, 5) is 11.3. The van der Waals surface area contributed by atoms with Gasteiger partial charge in [0.05, 0.1) is 18.9 Å². The Morgan fingerprint density at radius 2 is 0.931 bits per heavy atom. The zero-order valence-corrected chi connectivity index (χ0v) is 19.7. The maximum Gasteiger partial charge on any atom is 0.336 e. The van der Waals surface area contributed by atoms with E-state index in [-0.39, 0.29) is 0 Å². The Balaban J connectivity index is 3.16. The Kier molecular flexibility index (Phi) is 22.5. The highest BCUT2D eigenvalue weighted by atomic mass is 16.5. The Bertz CT molecular complexity index is 376. The SMILES string of the molecule is CCCCCCCCCCCCCCCCCCCCCCC(=CO)C(=O)OC. The van der Waals surface area contributed by atoms with Gasteiger partial charge in [-0.3, -0.25) is 0 Å². The van der Waals surface area contributed by atoms with Crippen LogP contribution in [0.1, 0.15) is 142 Å². The van der Waals surface area contributed by atoms with Gasteiger partial charge >= 0.3 is 5.97 Å². The number of rotatable bonds is 22. The van der Waals surface area contributed by atoms with E-state index in [9.17, 15) is 4.79 Å². The van der Waals surface area contributed by atoms with Crippen LogP contribution in [0.5, 0.6) is 0 Å². The number of aliphatic hydroxyl groups is 1. The van der Waals surface area contributed by atoms with Gasteiger partial charge in [0.15, 0.2) is 0 Å². The Morgan fingerprint density at radius 1 is 0.621 bits per heavy atom. The van der Waals surface area contributed by atoms with Crippen LogP contribution in [0.15, 0.2) is 11.8 Å². The molecule has 1 N–H and O–H groups in total. The molecule has 0 heterocycles. The van der Waals surface area contributed by atoms with E-state index in [0.29, 0.717) is 12.0 Å². The lowest BCUT2D eigenvalue weighted by Crippen LogP contribution is -2.04. The smallest absolute Gasteiger partial charge is 0.336 e. The Hall–Kier alpha value is -0.990. The van der Waals surface area contributed by atoms with Crippen LogP contribution in [0.2, 0.25) is 0 Å². The van der Waals surface area contributed by atoms with Crippen LogP contribution in [0.3, 0.4) is 0 Å². The topological polar surface area (TPSA) is 46.5 Å². The summed E-state index contributed by atoms with van der Waals surface area (Å²) in [5, 5.41) is 9.02. The van der Waals surface area contributed by atoms with Crippen molar-refractivity contribution in [3.05, 3.63) is 11.8 Å². The average Bonchev–Trinajstić information content (AvgIpc) is 2.74. The molecule has 0 amide bonds. The van der Waals surface area contributed by atoms with Crippen molar-refractivity contribution in [3.8, 4) is 0 Å². The van der Waals surface area contributed by atoms with Crippen LogP contribution in [0, 0.1) is 0 Å². The first kappa shape index (κ1) is 28.0. The van der Waals surface area contributed by atoms with Gasteiger partial charge in [-0.05, 0) is 12.8 Å². The predicted molar refractivity (Wildman–Crippen MR) is 125 cm³/mol. The summed E-state index contributed by atoms with van der Waals surface area (Å²) in [5.74, 6) is -0.412. The quantitative estimate of drug-likeness (QED) is 0.0839. The van der Waals surface area contributed by atoms with Crippen LogP contribution < -0.4 is 0 Å². The van der Waals surface area contributed by atoms with E-state index in [4.69, 9.17) is 5.11 Å². The lowest BCUT2D eigenvalue weighted by atomic mass is 10.0. The number of carbonyl (C=O) groups excluding carboxylic acids is 1. The van der Waals surface area contributed by atoms with E-state index >= 15 is 0 Å². The first-order chi connectivity index (χ1) is 14.3. The molecular formula is C26H50O3. The highest BCUT2D eigenvalue weighted by Gasteiger charge is 2.08. The summed E-state index contributed by atoms with van der Waals surface area (Å²) in [6.45, 7) is 2.28. The van der Waals surface area contributed by atoms with Crippen LogP contribution in [0.4, 0.5) is 0 Å². The largest absolute Gasteiger partial charge is 0.515 e. The average molecular weight is 411 g/mol. The van der Waals surface area contributed by atoms with Crippen LogP contribution in [-0.4, -0.2) is 18.2 Å². The molecule has 3 heteroatoms. The maximum absolute atomic E-state index is 11.3. The van der Waals surface area contributed by atoms with E-state index in [1.54, 1.807) is 0 Å². The normalized spacial score (nSPS) is 11.7. The number of unbranched alkanes of at least 4 members (excludes halogenated alkanes) is 19. The van der Waals surface area contributed by atoms with E-state index in [0.717, 1.165) is 19.1 Å². The third-order valence-electron chi connectivity index (χ3n) is 5.90. The molecule has 0 radical (unpaired) electrons. The van der Waals surface area contributed by atoms with Gasteiger partial charge in [0.2, 0.25) is 0 Å². The molecule has 3 nitrogen and oxygen atoms in total. The predicted octanol–water partition coefficient (Wildman–Crippen LogP) is 8.81. The number of methoxy groups -OCH3 is 1. The van der Waals surface area contributed by atoms with Gasteiger partial charge < -0.3 is 9.84 Å². The number of aliphatic hydroxyl groups excluding tert-OH is 1. The maximum atomic E-state index is 11.3. The number of carbonyl (C=O) groups is 1. The molecule has 0 aromatic heterocycles. The van der Waals surface area contributed by atoms with Gasteiger partial charge in [-0.1, -0.05) is 129 Å². The van der Waals surface area contributed by atoms with Crippen LogP contribution in [-0.2, 0) is 9.53 Å². The summed E-state index contributed by atoms with van der Waals surface area (Å²) in [5.41, 5.74) is 0.384. The summed E-state index contributed by atoms with van der Waals surface area (Å²) < 4.78 is 4.63. The highest BCUT2D eigenvalue weighted by Crippen LogP contribution is 2.16. The van der Waals surface area contributed by atoms with Crippen molar-refractivity contribution in [2.24, 2.45) is 0 Å². The van der Waals surface area contributed by atoms with E-state index in [1.807, 2.05) is 0 Å².